The van der Waals surface area contributed by atoms with E-state index in [9.17, 15) is 0 Å². The summed E-state index contributed by atoms with van der Waals surface area (Å²) in [5.41, 5.74) is 0.923. The molecular formula is C13H22N2O3. The van der Waals surface area contributed by atoms with Gasteiger partial charge in [0.1, 0.15) is 6.61 Å². The largest absolute Gasteiger partial charge is 0.381 e. The molecule has 5 nitrogen and oxygen atoms in total. The Balaban J connectivity index is 1.66. The van der Waals surface area contributed by atoms with E-state index in [1.54, 1.807) is 0 Å². The molecule has 1 fully saturated rings. The molecule has 0 aliphatic carbocycles. The van der Waals surface area contributed by atoms with E-state index in [2.05, 4.69) is 24.3 Å². The summed E-state index contributed by atoms with van der Waals surface area (Å²) in [6, 6.07) is 2.39. The fourth-order valence-electron chi connectivity index (χ4n) is 1.86. The Morgan fingerprint density at radius 1 is 1.56 bits per heavy atom. The zero-order valence-electron chi connectivity index (χ0n) is 11.1. The standard InChI is InChI=1S/C13H22N2O3/c1-10(2)14-6-12-5-13(18-15-12)9-17-8-11-3-4-16-7-11/h5,10-11,14H,3-4,6-9H2,1-2H3. The first-order valence-electron chi connectivity index (χ1n) is 6.57. The van der Waals surface area contributed by atoms with Gasteiger partial charge in [-0.3, -0.25) is 0 Å². The van der Waals surface area contributed by atoms with Crippen LogP contribution in [0.25, 0.3) is 0 Å². The summed E-state index contributed by atoms with van der Waals surface area (Å²) in [5, 5.41) is 7.29. The molecule has 0 saturated carbocycles. The summed E-state index contributed by atoms with van der Waals surface area (Å²) in [7, 11) is 0. The lowest BCUT2D eigenvalue weighted by Gasteiger charge is -2.06. The summed E-state index contributed by atoms with van der Waals surface area (Å²) < 4.78 is 16.1. The smallest absolute Gasteiger partial charge is 0.162 e. The molecule has 18 heavy (non-hydrogen) atoms. The molecule has 2 rings (SSSR count). The molecule has 0 spiro atoms. The quantitative estimate of drug-likeness (QED) is 0.803. The monoisotopic (exact) mass is 254 g/mol. The molecule has 1 unspecified atom stereocenters. The van der Waals surface area contributed by atoms with Crippen LogP contribution in [-0.4, -0.2) is 31.0 Å². The van der Waals surface area contributed by atoms with E-state index in [1.165, 1.54) is 0 Å². The minimum atomic E-state index is 0.448. The first kappa shape index (κ1) is 13.5. The van der Waals surface area contributed by atoms with Gasteiger partial charge in [-0.15, -0.1) is 0 Å². The third-order valence-electron chi connectivity index (χ3n) is 2.92. The van der Waals surface area contributed by atoms with Crippen molar-refractivity contribution < 1.29 is 14.0 Å². The Morgan fingerprint density at radius 3 is 3.17 bits per heavy atom. The molecule has 2 heterocycles. The molecule has 1 atom stereocenters. The van der Waals surface area contributed by atoms with E-state index in [4.69, 9.17) is 14.0 Å². The van der Waals surface area contributed by atoms with E-state index in [0.29, 0.717) is 18.6 Å². The number of ether oxygens (including phenoxy) is 2. The zero-order chi connectivity index (χ0) is 12.8. The third kappa shape index (κ3) is 4.40. The van der Waals surface area contributed by atoms with Crippen LogP contribution in [0.1, 0.15) is 31.7 Å². The highest BCUT2D eigenvalue weighted by atomic mass is 16.5. The van der Waals surface area contributed by atoms with Gasteiger partial charge in [0.15, 0.2) is 5.76 Å². The van der Waals surface area contributed by atoms with Gasteiger partial charge in [-0.25, -0.2) is 0 Å². The van der Waals surface area contributed by atoms with Crippen molar-refractivity contribution in [3.05, 3.63) is 17.5 Å². The van der Waals surface area contributed by atoms with Crippen LogP contribution in [0.15, 0.2) is 10.6 Å². The highest BCUT2D eigenvalue weighted by molar-refractivity contribution is 5.04. The third-order valence-corrected chi connectivity index (χ3v) is 2.92. The number of nitrogens with zero attached hydrogens (tertiary/aromatic N) is 1. The lowest BCUT2D eigenvalue weighted by atomic mass is 10.1. The van der Waals surface area contributed by atoms with Crippen molar-refractivity contribution in [1.82, 2.24) is 10.5 Å². The van der Waals surface area contributed by atoms with Gasteiger partial charge in [0.05, 0.1) is 18.9 Å². The lowest BCUT2D eigenvalue weighted by Crippen LogP contribution is -2.21. The van der Waals surface area contributed by atoms with Crippen LogP contribution in [0.3, 0.4) is 0 Å². The fraction of sp³-hybridized carbons (Fsp3) is 0.769. The maximum Gasteiger partial charge on any atom is 0.162 e. The van der Waals surface area contributed by atoms with Crippen molar-refractivity contribution >= 4 is 0 Å². The second kappa shape index (κ2) is 6.87. The molecule has 1 N–H and O–H groups in total. The molecule has 1 aliphatic rings. The van der Waals surface area contributed by atoms with Crippen LogP contribution >= 0.6 is 0 Å². The molecule has 0 amide bonds. The van der Waals surface area contributed by atoms with Crippen LogP contribution in [0.4, 0.5) is 0 Å². The number of aromatic nitrogens is 1. The minimum absolute atomic E-state index is 0.448. The maximum absolute atomic E-state index is 5.61. The second-order valence-corrected chi connectivity index (χ2v) is 5.06. The van der Waals surface area contributed by atoms with Gasteiger partial charge in [-0.2, -0.15) is 0 Å². The van der Waals surface area contributed by atoms with Gasteiger partial charge in [0.2, 0.25) is 0 Å². The predicted molar refractivity (Wildman–Crippen MR) is 67.1 cm³/mol. The normalized spacial score (nSPS) is 19.8. The molecule has 0 aromatic carbocycles. The Morgan fingerprint density at radius 2 is 2.44 bits per heavy atom. The number of nitrogens with one attached hydrogen (secondary N) is 1. The first-order chi connectivity index (χ1) is 8.74. The van der Waals surface area contributed by atoms with E-state index >= 15 is 0 Å². The molecule has 1 aromatic rings. The molecule has 0 radical (unpaired) electrons. The second-order valence-electron chi connectivity index (χ2n) is 5.06. The summed E-state index contributed by atoms with van der Waals surface area (Å²) in [5.74, 6) is 1.32. The average molecular weight is 254 g/mol. The van der Waals surface area contributed by atoms with Gasteiger partial charge < -0.3 is 19.3 Å². The fourth-order valence-corrected chi connectivity index (χ4v) is 1.86. The van der Waals surface area contributed by atoms with Gasteiger partial charge in [-0.1, -0.05) is 19.0 Å². The van der Waals surface area contributed by atoms with Gasteiger partial charge in [0, 0.05) is 31.2 Å². The van der Waals surface area contributed by atoms with Crippen molar-refractivity contribution in [3.8, 4) is 0 Å². The molecule has 5 heteroatoms. The topological polar surface area (TPSA) is 56.5 Å². The van der Waals surface area contributed by atoms with Gasteiger partial charge in [0.25, 0.3) is 0 Å². The van der Waals surface area contributed by atoms with Crippen LogP contribution < -0.4 is 5.32 Å². The van der Waals surface area contributed by atoms with Gasteiger partial charge >= 0.3 is 0 Å². The Hall–Kier alpha value is -0.910. The Labute approximate surface area is 108 Å². The highest BCUT2D eigenvalue weighted by Crippen LogP contribution is 2.13. The van der Waals surface area contributed by atoms with Crippen molar-refractivity contribution in [2.75, 3.05) is 19.8 Å². The molecule has 1 aliphatic heterocycles. The average Bonchev–Trinajstić information content (AvgIpc) is 2.97. The molecular weight excluding hydrogens is 232 g/mol. The number of hydrogen-bond donors (Lipinski definition) is 1. The van der Waals surface area contributed by atoms with E-state index < -0.39 is 0 Å². The van der Waals surface area contributed by atoms with Crippen LogP contribution in [0, 0.1) is 5.92 Å². The Bertz CT molecular complexity index is 346. The van der Waals surface area contributed by atoms with Crippen LogP contribution in [0.2, 0.25) is 0 Å². The number of rotatable bonds is 7. The summed E-state index contributed by atoms with van der Waals surface area (Å²) >= 11 is 0. The zero-order valence-corrected chi connectivity index (χ0v) is 11.1. The SMILES string of the molecule is CC(C)NCc1cc(COCC2CCOC2)on1. The molecule has 1 aromatic heterocycles. The van der Waals surface area contributed by atoms with Crippen molar-refractivity contribution in [2.24, 2.45) is 5.92 Å². The van der Waals surface area contributed by atoms with E-state index in [0.717, 1.165) is 44.2 Å². The maximum atomic E-state index is 5.61. The van der Waals surface area contributed by atoms with E-state index in [-0.39, 0.29) is 0 Å². The van der Waals surface area contributed by atoms with Crippen molar-refractivity contribution in [1.29, 1.82) is 0 Å². The van der Waals surface area contributed by atoms with Gasteiger partial charge in [-0.05, 0) is 6.42 Å². The minimum Gasteiger partial charge on any atom is -0.381 e. The van der Waals surface area contributed by atoms with E-state index in [1.807, 2.05) is 6.07 Å². The van der Waals surface area contributed by atoms with Crippen molar-refractivity contribution in [2.45, 2.75) is 39.5 Å². The van der Waals surface area contributed by atoms with Crippen molar-refractivity contribution in [3.63, 3.8) is 0 Å². The predicted octanol–water partition coefficient (Wildman–Crippen LogP) is 1.73. The number of hydrogen-bond acceptors (Lipinski definition) is 5. The Kier molecular flexibility index (Phi) is 5.16. The van der Waals surface area contributed by atoms with Crippen LogP contribution in [0.5, 0.6) is 0 Å². The summed E-state index contributed by atoms with van der Waals surface area (Å²) in [6.45, 7) is 7.85. The summed E-state index contributed by atoms with van der Waals surface area (Å²) in [4.78, 5) is 0. The van der Waals surface area contributed by atoms with Crippen LogP contribution in [-0.2, 0) is 22.6 Å². The molecule has 1 saturated heterocycles. The molecule has 102 valence electrons. The first-order valence-corrected chi connectivity index (χ1v) is 6.57. The molecule has 0 bridgehead atoms. The highest BCUT2D eigenvalue weighted by Gasteiger charge is 2.15. The summed E-state index contributed by atoms with van der Waals surface area (Å²) in [6.07, 6.45) is 1.10. The lowest BCUT2D eigenvalue weighted by molar-refractivity contribution is 0.0659.